The van der Waals surface area contributed by atoms with Crippen LogP contribution in [0, 0.1) is 0 Å². The second kappa shape index (κ2) is 12.2. The molecule has 1 atom stereocenters. The highest BCUT2D eigenvalue weighted by atomic mass is 79.9. The monoisotopic (exact) mass is 548 g/mol. The topological polar surface area (TPSA) is 88.1 Å². The molecule has 0 amide bonds. The van der Waals surface area contributed by atoms with E-state index >= 15 is 0 Å². The van der Waals surface area contributed by atoms with Gasteiger partial charge in [-0.05, 0) is 24.3 Å². The fourth-order valence-electron chi connectivity index (χ4n) is 2.07. The fraction of sp³-hybridized carbons (Fsp3) is 0.263. The van der Waals surface area contributed by atoms with Crippen LogP contribution in [-0.2, 0) is 23.1 Å². The number of hydrogen-bond acceptors (Lipinski definition) is 7. The Morgan fingerprint density at radius 1 is 0.828 bits per heavy atom. The third-order valence-corrected chi connectivity index (χ3v) is 8.17. The molecular formula is C19H19Br2O7P. The third-order valence-electron chi connectivity index (χ3n) is 3.49. The molecule has 29 heavy (non-hydrogen) atoms. The number of rotatable bonds is 11. The van der Waals surface area contributed by atoms with Crippen LogP contribution in [0.15, 0.2) is 60.7 Å². The van der Waals surface area contributed by atoms with Gasteiger partial charge >= 0.3 is 19.5 Å². The van der Waals surface area contributed by atoms with Crippen LogP contribution in [0.3, 0.4) is 0 Å². The van der Waals surface area contributed by atoms with E-state index < -0.39 is 33.1 Å². The molecule has 10 heteroatoms. The van der Waals surface area contributed by atoms with Crippen LogP contribution in [0.2, 0.25) is 0 Å². The molecule has 0 saturated carbocycles. The lowest BCUT2D eigenvalue weighted by molar-refractivity contribution is -0.00740. The Hall–Kier alpha value is -1.51. The lowest BCUT2D eigenvalue weighted by atomic mass is 10.2. The third kappa shape index (κ3) is 8.40. The summed E-state index contributed by atoms with van der Waals surface area (Å²) in [6, 6.07) is 16.6. The number of carbonyl (C=O) groups excluding carboxylic acids is 2. The molecule has 0 bridgehead atoms. The zero-order valence-electron chi connectivity index (χ0n) is 15.2. The number of halogens is 2. The second-order valence-electron chi connectivity index (χ2n) is 5.63. The van der Waals surface area contributed by atoms with Crippen molar-refractivity contribution in [3.63, 3.8) is 0 Å². The minimum absolute atomic E-state index is 0.0238. The van der Waals surface area contributed by atoms with E-state index in [1.54, 1.807) is 60.7 Å². The summed E-state index contributed by atoms with van der Waals surface area (Å²) < 4.78 is 33.4. The van der Waals surface area contributed by atoms with Crippen LogP contribution in [0.25, 0.3) is 0 Å². The average molecular weight is 550 g/mol. The van der Waals surface area contributed by atoms with Gasteiger partial charge in [0.15, 0.2) is 0 Å². The van der Waals surface area contributed by atoms with Crippen molar-refractivity contribution in [1.82, 2.24) is 0 Å². The fourth-order valence-corrected chi connectivity index (χ4v) is 5.04. The summed E-state index contributed by atoms with van der Waals surface area (Å²) in [7, 11) is -3.72. The van der Waals surface area contributed by atoms with Gasteiger partial charge in [0.1, 0.15) is 0 Å². The van der Waals surface area contributed by atoms with Crippen LogP contribution in [0.4, 0.5) is 0 Å². The number of carbonyl (C=O) groups is 2. The number of esters is 2. The minimum atomic E-state index is -3.72. The molecule has 0 aliphatic heterocycles. The van der Waals surface area contributed by atoms with Gasteiger partial charge in [0.05, 0.1) is 17.3 Å². The first-order valence-electron chi connectivity index (χ1n) is 8.46. The normalized spacial score (nSPS) is 12.2. The van der Waals surface area contributed by atoms with Crippen molar-refractivity contribution < 1.29 is 32.7 Å². The van der Waals surface area contributed by atoms with Crippen molar-refractivity contribution in [2.24, 2.45) is 0 Å². The quantitative estimate of drug-likeness (QED) is 0.169. The van der Waals surface area contributed by atoms with Gasteiger partial charge in [-0.15, -0.1) is 0 Å². The number of ether oxygens (including phenoxy) is 2. The van der Waals surface area contributed by atoms with Crippen LogP contribution in [0.5, 0.6) is 0 Å². The summed E-state index contributed by atoms with van der Waals surface area (Å²) in [4.78, 5) is 23.7. The molecule has 0 aromatic heterocycles. The highest BCUT2D eigenvalue weighted by molar-refractivity contribution is 9.12. The van der Waals surface area contributed by atoms with Gasteiger partial charge < -0.3 is 9.47 Å². The molecule has 2 aromatic rings. The molecule has 0 radical (unpaired) electrons. The Morgan fingerprint density at radius 3 is 1.62 bits per heavy atom. The molecule has 1 unspecified atom stereocenters. The minimum Gasteiger partial charge on any atom is -0.434 e. The van der Waals surface area contributed by atoms with E-state index in [1.165, 1.54) is 0 Å². The smallest absolute Gasteiger partial charge is 0.340 e. The van der Waals surface area contributed by atoms with Crippen molar-refractivity contribution in [3.05, 3.63) is 71.8 Å². The zero-order chi connectivity index (χ0) is 21.1. The van der Waals surface area contributed by atoms with Crippen molar-refractivity contribution >= 4 is 51.4 Å². The van der Waals surface area contributed by atoms with Crippen LogP contribution >= 0.6 is 39.5 Å². The molecule has 0 N–H and O–H groups in total. The second-order valence-corrected chi connectivity index (χ2v) is 9.68. The molecule has 0 saturated heterocycles. The Labute approximate surface area is 185 Å². The lowest BCUT2D eigenvalue weighted by Gasteiger charge is -2.20. The molecule has 7 nitrogen and oxygen atoms in total. The molecule has 0 spiro atoms. The molecule has 0 aliphatic rings. The molecule has 0 fully saturated rings. The summed E-state index contributed by atoms with van der Waals surface area (Å²) in [6.07, 6.45) is -0.0238. The average Bonchev–Trinajstić information content (AvgIpc) is 2.74. The van der Waals surface area contributed by atoms with E-state index in [-0.39, 0.29) is 11.0 Å². The van der Waals surface area contributed by atoms with E-state index in [2.05, 4.69) is 31.9 Å². The van der Waals surface area contributed by atoms with Crippen molar-refractivity contribution in [3.8, 4) is 0 Å². The maximum absolute atomic E-state index is 12.9. The molecule has 0 heterocycles. The molecule has 0 aliphatic carbocycles. The molecule has 2 rings (SSSR count). The SMILES string of the molecule is O=C(OCOP(=O)(CC(Br)CBr)OCOC(=O)c1ccccc1)c1ccccc1. The van der Waals surface area contributed by atoms with Gasteiger partial charge in [0, 0.05) is 10.2 Å². The first kappa shape index (κ1) is 23.8. The Balaban J connectivity index is 1.88. The number of alkyl halides is 2. The van der Waals surface area contributed by atoms with Gasteiger partial charge in [-0.25, -0.2) is 9.59 Å². The van der Waals surface area contributed by atoms with Gasteiger partial charge in [-0.2, -0.15) is 0 Å². The maximum atomic E-state index is 12.9. The van der Waals surface area contributed by atoms with Crippen LogP contribution in [0.1, 0.15) is 20.7 Å². The Kier molecular flexibility index (Phi) is 10.0. The molecule has 2 aromatic carbocycles. The molecule has 156 valence electrons. The molecular weight excluding hydrogens is 531 g/mol. The van der Waals surface area contributed by atoms with Crippen molar-refractivity contribution in [1.29, 1.82) is 0 Å². The highest BCUT2D eigenvalue weighted by Gasteiger charge is 2.29. The van der Waals surface area contributed by atoms with E-state index in [1.807, 2.05) is 0 Å². The van der Waals surface area contributed by atoms with E-state index in [9.17, 15) is 14.2 Å². The highest BCUT2D eigenvalue weighted by Crippen LogP contribution is 2.49. The zero-order valence-corrected chi connectivity index (χ0v) is 19.3. The van der Waals surface area contributed by atoms with E-state index in [0.717, 1.165) is 0 Å². The van der Waals surface area contributed by atoms with Crippen molar-refractivity contribution in [2.45, 2.75) is 4.83 Å². The summed E-state index contributed by atoms with van der Waals surface area (Å²) in [5, 5.41) is 0.483. The predicted molar refractivity (Wildman–Crippen MR) is 115 cm³/mol. The number of hydrogen-bond donors (Lipinski definition) is 0. The van der Waals surface area contributed by atoms with Crippen molar-refractivity contribution in [2.75, 3.05) is 25.1 Å². The van der Waals surface area contributed by atoms with Crippen LogP contribution < -0.4 is 0 Å². The first-order valence-corrected chi connectivity index (χ1v) is 12.2. The lowest BCUT2D eigenvalue weighted by Crippen LogP contribution is -2.16. The van der Waals surface area contributed by atoms with Gasteiger partial charge in [0.2, 0.25) is 13.6 Å². The Morgan fingerprint density at radius 2 is 1.24 bits per heavy atom. The van der Waals surface area contributed by atoms with E-state index in [4.69, 9.17) is 18.5 Å². The Bertz CT molecular complexity index is 771. The van der Waals surface area contributed by atoms with E-state index in [0.29, 0.717) is 16.5 Å². The maximum Gasteiger partial charge on any atom is 0.340 e. The summed E-state index contributed by atoms with van der Waals surface area (Å²) in [5.41, 5.74) is 0.671. The van der Waals surface area contributed by atoms with Gasteiger partial charge in [-0.3, -0.25) is 13.6 Å². The summed E-state index contributed by atoms with van der Waals surface area (Å²) in [6.45, 7) is -1.14. The standard InChI is InChI=1S/C19H19Br2O7P/c20-11-17(21)12-29(24,27-13-25-18(22)15-7-3-1-4-8-15)28-14-26-19(23)16-9-5-2-6-10-16/h1-10,17H,11-14H2. The predicted octanol–water partition coefficient (Wildman–Crippen LogP) is 5.00. The first-order chi connectivity index (χ1) is 13.9. The number of benzene rings is 2. The van der Waals surface area contributed by atoms with Gasteiger partial charge in [0.25, 0.3) is 0 Å². The van der Waals surface area contributed by atoms with Crippen LogP contribution in [-0.4, -0.2) is 41.8 Å². The summed E-state index contributed by atoms with van der Waals surface area (Å²) in [5.74, 6) is -1.24. The van der Waals surface area contributed by atoms with Gasteiger partial charge in [-0.1, -0.05) is 68.3 Å². The summed E-state index contributed by atoms with van der Waals surface area (Å²) >= 11 is 6.59. The largest absolute Gasteiger partial charge is 0.434 e.